The highest BCUT2D eigenvalue weighted by atomic mass is 35.5. The molecule has 2 rings (SSSR count). The van der Waals surface area contributed by atoms with Crippen LogP contribution in [0.5, 0.6) is 0 Å². The molecule has 100 valence electrons. The van der Waals surface area contributed by atoms with E-state index in [0.717, 1.165) is 12.8 Å². The van der Waals surface area contributed by atoms with Gasteiger partial charge < -0.3 is 5.73 Å². The Bertz CT molecular complexity index is 442. The Balaban J connectivity index is 2.40. The van der Waals surface area contributed by atoms with E-state index in [4.69, 9.17) is 28.9 Å². The summed E-state index contributed by atoms with van der Waals surface area (Å²) < 4.78 is 0. The van der Waals surface area contributed by atoms with E-state index in [-0.39, 0.29) is 5.41 Å². The summed E-state index contributed by atoms with van der Waals surface area (Å²) in [5, 5.41) is 1.24. The Kier molecular flexibility index (Phi) is 3.96. The van der Waals surface area contributed by atoms with E-state index >= 15 is 0 Å². The van der Waals surface area contributed by atoms with Crippen LogP contribution in [0.4, 0.5) is 0 Å². The van der Waals surface area contributed by atoms with E-state index in [2.05, 4.69) is 19.9 Å². The lowest BCUT2D eigenvalue weighted by Gasteiger charge is -2.45. The maximum atomic E-state index is 6.15. The molecular weight excluding hydrogens is 265 g/mol. The summed E-state index contributed by atoms with van der Waals surface area (Å²) in [5.41, 5.74) is 7.76. The summed E-state index contributed by atoms with van der Waals surface area (Å²) in [4.78, 5) is 0. The number of benzene rings is 1. The number of nitrogens with two attached hydrogens (primary N) is 1. The minimum Gasteiger partial charge on any atom is -0.330 e. The minimum absolute atomic E-state index is 0.0655. The summed E-state index contributed by atoms with van der Waals surface area (Å²) in [7, 11) is 0. The maximum absolute atomic E-state index is 6.15. The molecule has 1 aliphatic rings. The van der Waals surface area contributed by atoms with Gasteiger partial charge in [0.1, 0.15) is 0 Å². The lowest BCUT2D eigenvalue weighted by Crippen LogP contribution is -2.42. The van der Waals surface area contributed by atoms with Crippen molar-refractivity contribution >= 4 is 23.2 Å². The van der Waals surface area contributed by atoms with Gasteiger partial charge >= 0.3 is 0 Å². The monoisotopic (exact) mass is 285 g/mol. The topological polar surface area (TPSA) is 26.0 Å². The average molecular weight is 286 g/mol. The highest BCUT2D eigenvalue weighted by molar-refractivity contribution is 6.42. The molecule has 1 aromatic carbocycles. The van der Waals surface area contributed by atoms with Crippen molar-refractivity contribution < 1.29 is 0 Å². The van der Waals surface area contributed by atoms with Crippen molar-refractivity contribution in [1.29, 1.82) is 0 Å². The van der Waals surface area contributed by atoms with Crippen molar-refractivity contribution in [3.8, 4) is 0 Å². The van der Waals surface area contributed by atoms with Crippen LogP contribution in [0.3, 0.4) is 0 Å². The van der Waals surface area contributed by atoms with Crippen LogP contribution in [0.15, 0.2) is 18.2 Å². The third-order valence-electron chi connectivity index (χ3n) is 4.25. The van der Waals surface area contributed by atoms with Crippen molar-refractivity contribution in [2.24, 2.45) is 11.1 Å². The third-order valence-corrected chi connectivity index (χ3v) is 4.99. The average Bonchev–Trinajstić information content (AvgIpc) is 2.31. The van der Waals surface area contributed by atoms with Gasteiger partial charge in [0.25, 0.3) is 0 Å². The van der Waals surface area contributed by atoms with E-state index in [0.29, 0.717) is 22.0 Å². The van der Waals surface area contributed by atoms with E-state index in [1.807, 2.05) is 12.1 Å². The largest absolute Gasteiger partial charge is 0.330 e. The molecule has 1 nitrogen and oxygen atoms in total. The summed E-state index contributed by atoms with van der Waals surface area (Å²) >= 11 is 12.2. The van der Waals surface area contributed by atoms with Crippen LogP contribution < -0.4 is 5.73 Å². The summed E-state index contributed by atoms with van der Waals surface area (Å²) in [5.74, 6) is 0. The number of halogens is 2. The first kappa shape index (κ1) is 14.2. The smallest absolute Gasteiger partial charge is 0.0595 e. The molecule has 0 aromatic heterocycles. The van der Waals surface area contributed by atoms with E-state index in [1.165, 1.54) is 18.4 Å². The first-order valence-electron chi connectivity index (χ1n) is 6.54. The zero-order valence-corrected chi connectivity index (χ0v) is 12.6. The Labute approximate surface area is 120 Å². The third kappa shape index (κ3) is 2.68. The summed E-state index contributed by atoms with van der Waals surface area (Å²) in [6.45, 7) is 5.33. The van der Waals surface area contributed by atoms with Crippen molar-refractivity contribution in [2.45, 2.75) is 44.9 Å². The number of hydrogen-bond donors (Lipinski definition) is 1. The highest BCUT2D eigenvalue weighted by Gasteiger charge is 2.40. The van der Waals surface area contributed by atoms with Gasteiger partial charge in [-0.1, -0.05) is 49.5 Å². The second-order valence-electron chi connectivity index (χ2n) is 6.31. The minimum atomic E-state index is 0.0655. The molecule has 0 aliphatic heterocycles. The predicted octanol–water partition coefficient (Wildman–Crippen LogP) is 4.79. The molecule has 0 heterocycles. The second-order valence-corrected chi connectivity index (χ2v) is 7.12. The highest BCUT2D eigenvalue weighted by Crippen LogP contribution is 2.47. The van der Waals surface area contributed by atoms with Gasteiger partial charge in [-0.2, -0.15) is 0 Å². The fourth-order valence-corrected chi connectivity index (χ4v) is 3.66. The first-order chi connectivity index (χ1) is 8.38. The fraction of sp³-hybridized carbons (Fsp3) is 0.600. The molecule has 1 aliphatic carbocycles. The van der Waals surface area contributed by atoms with E-state index < -0.39 is 0 Å². The molecule has 3 heteroatoms. The summed E-state index contributed by atoms with van der Waals surface area (Å²) in [6.07, 6.45) is 4.76. The Morgan fingerprint density at radius 2 is 1.89 bits per heavy atom. The van der Waals surface area contributed by atoms with Gasteiger partial charge in [0.15, 0.2) is 0 Å². The Morgan fingerprint density at radius 3 is 2.44 bits per heavy atom. The van der Waals surface area contributed by atoms with Crippen molar-refractivity contribution in [2.75, 3.05) is 6.54 Å². The van der Waals surface area contributed by atoms with Gasteiger partial charge in [-0.3, -0.25) is 0 Å². The van der Waals surface area contributed by atoms with Crippen LogP contribution in [-0.2, 0) is 5.41 Å². The fourth-order valence-electron chi connectivity index (χ4n) is 3.36. The molecule has 1 saturated carbocycles. The van der Waals surface area contributed by atoms with Crippen molar-refractivity contribution in [3.05, 3.63) is 33.8 Å². The van der Waals surface area contributed by atoms with E-state index in [1.54, 1.807) is 0 Å². The molecule has 18 heavy (non-hydrogen) atoms. The van der Waals surface area contributed by atoms with Crippen molar-refractivity contribution in [3.63, 3.8) is 0 Å². The molecule has 0 radical (unpaired) electrons. The van der Waals surface area contributed by atoms with Gasteiger partial charge in [0, 0.05) is 12.0 Å². The van der Waals surface area contributed by atoms with Crippen LogP contribution in [0, 0.1) is 5.41 Å². The molecule has 1 fully saturated rings. The standard InChI is InChI=1S/C15H21Cl2N/c1-14(2)6-3-7-15(9-14,10-18)11-4-5-12(16)13(17)8-11/h4-5,8H,3,6-7,9-10,18H2,1-2H3/t15-/m1/s1. The molecule has 0 bridgehead atoms. The van der Waals surface area contributed by atoms with E-state index in [9.17, 15) is 0 Å². The molecule has 0 spiro atoms. The molecular formula is C15H21Cl2N. The molecule has 0 saturated heterocycles. The predicted molar refractivity (Wildman–Crippen MR) is 79.4 cm³/mol. The maximum Gasteiger partial charge on any atom is 0.0595 e. The Hall–Kier alpha value is -0.240. The zero-order valence-electron chi connectivity index (χ0n) is 11.1. The molecule has 0 amide bonds. The molecule has 1 atom stereocenters. The van der Waals surface area contributed by atoms with Crippen LogP contribution in [-0.4, -0.2) is 6.54 Å². The van der Waals surface area contributed by atoms with Crippen LogP contribution >= 0.6 is 23.2 Å². The second kappa shape index (κ2) is 5.03. The molecule has 0 unspecified atom stereocenters. The quantitative estimate of drug-likeness (QED) is 0.831. The Morgan fingerprint density at radius 1 is 1.17 bits per heavy atom. The number of rotatable bonds is 2. The van der Waals surface area contributed by atoms with Crippen LogP contribution in [0.1, 0.15) is 45.1 Å². The van der Waals surface area contributed by atoms with Gasteiger partial charge in [0.2, 0.25) is 0 Å². The zero-order chi connectivity index (χ0) is 13.4. The lowest BCUT2D eigenvalue weighted by atomic mass is 9.61. The van der Waals surface area contributed by atoms with Crippen LogP contribution in [0.25, 0.3) is 0 Å². The first-order valence-corrected chi connectivity index (χ1v) is 7.30. The summed E-state index contributed by atoms with van der Waals surface area (Å²) in [6, 6.07) is 5.97. The SMILES string of the molecule is CC1(C)CCC[C@@](CN)(c2ccc(Cl)c(Cl)c2)C1. The van der Waals surface area contributed by atoms with Gasteiger partial charge in [-0.05, 0) is 42.4 Å². The molecule has 1 aromatic rings. The van der Waals surface area contributed by atoms with Gasteiger partial charge in [-0.25, -0.2) is 0 Å². The number of hydrogen-bond acceptors (Lipinski definition) is 1. The van der Waals surface area contributed by atoms with Gasteiger partial charge in [-0.15, -0.1) is 0 Å². The lowest BCUT2D eigenvalue weighted by molar-refractivity contribution is 0.152. The van der Waals surface area contributed by atoms with Crippen LogP contribution in [0.2, 0.25) is 10.0 Å². The normalized spacial score (nSPS) is 27.2. The van der Waals surface area contributed by atoms with Gasteiger partial charge in [0.05, 0.1) is 10.0 Å². The van der Waals surface area contributed by atoms with Crippen molar-refractivity contribution in [1.82, 2.24) is 0 Å². The molecule has 2 N–H and O–H groups in total.